The van der Waals surface area contributed by atoms with Crippen LogP contribution < -0.4 is 4.74 Å². The zero-order valence-corrected chi connectivity index (χ0v) is 14.6. The lowest BCUT2D eigenvalue weighted by atomic mass is 10.1. The summed E-state index contributed by atoms with van der Waals surface area (Å²) in [5, 5.41) is 9.21. The number of hydrogen-bond donors (Lipinski definition) is 1. The monoisotopic (exact) mass is 334 g/mol. The Morgan fingerprint density at radius 2 is 2.00 bits per heavy atom. The number of nitrogens with zero attached hydrogens (tertiary/aromatic N) is 2. The van der Waals surface area contributed by atoms with Crippen LogP contribution in [0, 0.1) is 5.92 Å². The van der Waals surface area contributed by atoms with Crippen LogP contribution in [0.5, 0.6) is 5.75 Å². The number of amides is 1. The van der Waals surface area contributed by atoms with Crippen LogP contribution in [-0.4, -0.2) is 66.6 Å². The number of hydrogen-bond acceptors (Lipinski definition) is 4. The Morgan fingerprint density at radius 3 is 2.54 bits per heavy atom. The molecule has 6 nitrogen and oxygen atoms in total. The number of ether oxygens (including phenoxy) is 1. The van der Waals surface area contributed by atoms with Crippen molar-refractivity contribution in [2.75, 3.05) is 39.8 Å². The van der Waals surface area contributed by atoms with Gasteiger partial charge in [-0.05, 0) is 50.6 Å². The fourth-order valence-corrected chi connectivity index (χ4v) is 3.16. The second-order valence-corrected chi connectivity index (χ2v) is 6.15. The van der Waals surface area contributed by atoms with E-state index in [1.54, 1.807) is 11.0 Å². The number of carboxylic acids is 1. The van der Waals surface area contributed by atoms with Gasteiger partial charge in [-0.25, -0.2) is 4.79 Å². The van der Waals surface area contributed by atoms with Crippen LogP contribution in [0.1, 0.15) is 41.0 Å². The molecular formula is C18H26N2O4. The van der Waals surface area contributed by atoms with Crippen LogP contribution in [0.2, 0.25) is 0 Å². The molecule has 1 amide bonds. The van der Waals surface area contributed by atoms with E-state index < -0.39 is 5.97 Å². The number of carbonyl (C=O) groups is 2. The van der Waals surface area contributed by atoms with Gasteiger partial charge in [-0.1, -0.05) is 6.92 Å². The maximum atomic E-state index is 12.8. The number of methoxy groups -OCH3 is 1. The summed E-state index contributed by atoms with van der Waals surface area (Å²) in [7, 11) is 1.46. The molecule has 1 aromatic carbocycles. The van der Waals surface area contributed by atoms with E-state index in [9.17, 15) is 14.7 Å². The molecule has 2 rings (SSSR count). The highest BCUT2D eigenvalue weighted by molar-refractivity contribution is 5.98. The molecule has 0 aromatic heterocycles. The van der Waals surface area contributed by atoms with Gasteiger partial charge in [-0.15, -0.1) is 0 Å². The van der Waals surface area contributed by atoms with Crippen molar-refractivity contribution >= 4 is 11.9 Å². The number of rotatable bonds is 7. The summed E-state index contributed by atoms with van der Waals surface area (Å²) in [5.74, 6) is -0.361. The predicted octanol–water partition coefficient (Wildman–Crippen LogP) is 2.20. The molecule has 1 aliphatic rings. The maximum absolute atomic E-state index is 12.8. The van der Waals surface area contributed by atoms with Gasteiger partial charge in [0.1, 0.15) is 5.75 Å². The molecule has 0 bridgehead atoms. The van der Waals surface area contributed by atoms with Crippen LogP contribution in [0.25, 0.3) is 0 Å². The number of aromatic carboxylic acids is 1. The van der Waals surface area contributed by atoms with Crippen LogP contribution in [0.4, 0.5) is 0 Å². The van der Waals surface area contributed by atoms with Crippen molar-refractivity contribution in [2.24, 2.45) is 5.92 Å². The van der Waals surface area contributed by atoms with Gasteiger partial charge < -0.3 is 19.6 Å². The van der Waals surface area contributed by atoms with Crippen molar-refractivity contribution in [2.45, 2.75) is 20.3 Å². The van der Waals surface area contributed by atoms with Crippen LogP contribution >= 0.6 is 0 Å². The molecule has 1 atom stereocenters. The number of carboxylic acid groups (broad SMARTS) is 1. The molecule has 1 aromatic rings. The predicted molar refractivity (Wildman–Crippen MR) is 91.8 cm³/mol. The van der Waals surface area contributed by atoms with Crippen molar-refractivity contribution in [1.82, 2.24) is 9.80 Å². The van der Waals surface area contributed by atoms with Crippen molar-refractivity contribution in [3.8, 4) is 5.75 Å². The Hall–Kier alpha value is -2.08. The number of benzene rings is 1. The summed E-state index contributed by atoms with van der Waals surface area (Å²) in [6.07, 6.45) is 1.09. The number of likely N-dealkylation sites (tertiary alicyclic amines) is 1. The molecule has 1 N–H and O–H groups in total. The zero-order chi connectivity index (χ0) is 17.7. The summed E-state index contributed by atoms with van der Waals surface area (Å²) in [6.45, 7) is 8.52. The minimum absolute atomic E-state index is 0.0618. The highest BCUT2D eigenvalue weighted by atomic mass is 16.5. The average Bonchev–Trinajstić information content (AvgIpc) is 3.06. The Labute approximate surface area is 143 Å². The van der Waals surface area contributed by atoms with Gasteiger partial charge in [0, 0.05) is 25.2 Å². The molecule has 0 spiro atoms. The van der Waals surface area contributed by atoms with Gasteiger partial charge in [0.15, 0.2) is 0 Å². The average molecular weight is 334 g/mol. The second-order valence-electron chi connectivity index (χ2n) is 6.15. The third-order valence-electron chi connectivity index (χ3n) is 4.60. The lowest BCUT2D eigenvalue weighted by Gasteiger charge is -2.25. The van der Waals surface area contributed by atoms with Crippen LogP contribution in [0.15, 0.2) is 18.2 Å². The van der Waals surface area contributed by atoms with E-state index in [1.807, 2.05) is 6.92 Å². The maximum Gasteiger partial charge on any atom is 0.335 e. The van der Waals surface area contributed by atoms with Crippen LogP contribution in [-0.2, 0) is 0 Å². The first-order valence-electron chi connectivity index (χ1n) is 8.42. The largest absolute Gasteiger partial charge is 0.497 e. The Morgan fingerprint density at radius 1 is 1.29 bits per heavy atom. The van der Waals surface area contributed by atoms with Gasteiger partial charge in [-0.2, -0.15) is 0 Å². The molecule has 24 heavy (non-hydrogen) atoms. The van der Waals surface area contributed by atoms with Gasteiger partial charge in [0.05, 0.1) is 12.7 Å². The summed E-state index contributed by atoms with van der Waals surface area (Å²) < 4.78 is 5.13. The summed E-state index contributed by atoms with van der Waals surface area (Å²) in [4.78, 5) is 28.2. The molecule has 1 aliphatic heterocycles. The zero-order valence-electron chi connectivity index (χ0n) is 14.6. The quantitative estimate of drug-likeness (QED) is 0.828. The van der Waals surface area contributed by atoms with Gasteiger partial charge in [0.2, 0.25) is 0 Å². The van der Waals surface area contributed by atoms with Gasteiger partial charge in [-0.3, -0.25) is 4.79 Å². The molecule has 1 heterocycles. The molecular weight excluding hydrogens is 308 g/mol. The topological polar surface area (TPSA) is 70.1 Å². The minimum Gasteiger partial charge on any atom is -0.497 e. The van der Waals surface area contributed by atoms with E-state index in [1.165, 1.54) is 19.2 Å². The van der Waals surface area contributed by atoms with E-state index in [4.69, 9.17) is 4.74 Å². The lowest BCUT2D eigenvalue weighted by Crippen LogP contribution is -2.36. The molecule has 1 fully saturated rings. The Kier molecular flexibility index (Phi) is 6.20. The summed E-state index contributed by atoms with van der Waals surface area (Å²) in [6, 6.07) is 4.44. The second kappa shape index (κ2) is 8.15. The standard InChI is InChI=1S/C18H26N2O4/c1-4-19-7-6-13(11-19)12-20(5-2)17(21)14-8-15(18(22)23)10-16(9-14)24-3/h8-10,13H,4-7,11-12H2,1-3H3,(H,22,23)/t13-/m1/s1. The molecule has 6 heteroatoms. The molecule has 0 aliphatic carbocycles. The van der Waals surface area contributed by atoms with Crippen molar-refractivity contribution in [1.29, 1.82) is 0 Å². The third kappa shape index (κ3) is 4.26. The first kappa shape index (κ1) is 18.3. The van der Waals surface area contributed by atoms with Crippen molar-refractivity contribution in [3.05, 3.63) is 29.3 Å². The van der Waals surface area contributed by atoms with E-state index >= 15 is 0 Å². The lowest BCUT2D eigenvalue weighted by molar-refractivity contribution is 0.0696. The van der Waals surface area contributed by atoms with E-state index in [2.05, 4.69) is 11.8 Å². The fourth-order valence-electron chi connectivity index (χ4n) is 3.16. The molecule has 0 unspecified atom stereocenters. The van der Waals surface area contributed by atoms with E-state index in [-0.39, 0.29) is 11.5 Å². The summed E-state index contributed by atoms with van der Waals surface area (Å²) in [5.41, 5.74) is 0.422. The third-order valence-corrected chi connectivity index (χ3v) is 4.60. The minimum atomic E-state index is -1.07. The van der Waals surface area contributed by atoms with Crippen molar-refractivity contribution < 1.29 is 19.4 Å². The Balaban J connectivity index is 2.16. The molecule has 0 saturated carbocycles. The first-order valence-corrected chi connectivity index (χ1v) is 8.42. The van der Waals surface area contributed by atoms with Crippen molar-refractivity contribution in [3.63, 3.8) is 0 Å². The van der Waals surface area contributed by atoms with Gasteiger partial charge in [0.25, 0.3) is 5.91 Å². The molecule has 132 valence electrons. The highest BCUT2D eigenvalue weighted by Gasteiger charge is 2.26. The van der Waals surface area contributed by atoms with Crippen LogP contribution in [0.3, 0.4) is 0 Å². The van der Waals surface area contributed by atoms with E-state index in [0.717, 1.165) is 26.1 Å². The number of carbonyl (C=O) groups excluding carboxylic acids is 1. The smallest absolute Gasteiger partial charge is 0.335 e. The van der Waals surface area contributed by atoms with E-state index in [0.29, 0.717) is 30.3 Å². The highest BCUT2D eigenvalue weighted by Crippen LogP contribution is 2.21. The molecule has 0 radical (unpaired) electrons. The van der Waals surface area contributed by atoms with Gasteiger partial charge >= 0.3 is 5.97 Å². The SMILES string of the molecule is CCN1CC[C@@H](CN(CC)C(=O)c2cc(OC)cc(C(=O)O)c2)C1. The Bertz CT molecular complexity index is 603. The summed E-state index contributed by atoms with van der Waals surface area (Å²) >= 11 is 0. The molecule has 1 saturated heterocycles. The normalized spacial score (nSPS) is 17.7. The first-order chi connectivity index (χ1) is 11.5. The fraction of sp³-hybridized carbons (Fsp3) is 0.556.